The highest BCUT2D eigenvalue weighted by Crippen LogP contribution is 2.40. The molecule has 1 heterocycles. The number of rotatable bonds is 10. The van der Waals surface area contributed by atoms with Gasteiger partial charge in [0.1, 0.15) is 12.1 Å². The fraction of sp³-hybridized carbons (Fsp3) is 0.414. The molecule has 1 saturated heterocycles. The van der Waals surface area contributed by atoms with Crippen molar-refractivity contribution in [3.63, 3.8) is 0 Å². The van der Waals surface area contributed by atoms with E-state index in [1.807, 2.05) is 75.4 Å². The van der Waals surface area contributed by atoms with Crippen molar-refractivity contribution < 1.29 is 24.2 Å². The van der Waals surface area contributed by atoms with Crippen LogP contribution in [0.15, 0.2) is 67.3 Å². The molecule has 9 heteroatoms. The predicted octanol–water partition coefficient (Wildman–Crippen LogP) is 3.56. The van der Waals surface area contributed by atoms with E-state index in [1.54, 1.807) is 6.92 Å². The van der Waals surface area contributed by atoms with E-state index >= 15 is 0 Å². The van der Waals surface area contributed by atoms with Crippen LogP contribution in [0.5, 0.6) is 0 Å². The zero-order valence-corrected chi connectivity index (χ0v) is 23.2. The van der Waals surface area contributed by atoms with Gasteiger partial charge in [0, 0.05) is 11.3 Å². The van der Waals surface area contributed by atoms with Crippen LogP contribution in [0.1, 0.15) is 37.5 Å². The third kappa shape index (κ3) is 7.39. The van der Waals surface area contributed by atoms with Gasteiger partial charge in [0.25, 0.3) is 5.91 Å². The Kier molecular flexibility index (Phi) is 9.99. The first kappa shape index (κ1) is 29.3. The van der Waals surface area contributed by atoms with Crippen LogP contribution in [-0.4, -0.2) is 62.8 Å². The molecule has 0 saturated carbocycles. The van der Waals surface area contributed by atoms with Crippen LogP contribution in [-0.2, 0) is 27.3 Å². The summed E-state index contributed by atoms with van der Waals surface area (Å²) in [5.74, 6) is -0.686. The van der Waals surface area contributed by atoms with Crippen LogP contribution in [0.25, 0.3) is 0 Å². The fourth-order valence-corrected chi connectivity index (χ4v) is 5.49. The minimum Gasteiger partial charge on any atom is -0.442 e. The van der Waals surface area contributed by atoms with Crippen molar-refractivity contribution in [1.82, 2.24) is 15.5 Å². The molecule has 0 bridgehead atoms. The molecule has 2 aromatic rings. The minimum absolute atomic E-state index is 0.194. The fourth-order valence-electron chi connectivity index (χ4n) is 4.35. The largest absolute Gasteiger partial charge is 0.442 e. The van der Waals surface area contributed by atoms with Gasteiger partial charge in [-0.1, -0.05) is 67.3 Å². The van der Waals surface area contributed by atoms with E-state index in [4.69, 9.17) is 4.74 Å². The molecule has 1 aliphatic rings. The number of nitrogens with one attached hydrogen (secondary N) is 2. The summed E-state index contributed by atoms with van der Waals surface area (Å²) in [6.07, 6.45) is -1.24. The van der Waals surface area contributed by atoms with Crippen LogP contribution in [0, 0.1) is 6.92 Å². The zero-order chi connectivity index (χ0) is 27.9. The van der Waals surface area contributed by atoms with Crippen LogP contribution < -0.4 is 10.6 Å². The average molecular weight is 540 g/mol. The molecule has 4 atom stereocenters. The van der Waals surface area contributed by atoms with Crippen LogP contribution in [0.4, 0.5) is 4.79 Å². The molecule has 1 unspecified atom stereocenters. The Hall–Kier alpha value is -3.30. The zero-order valence-electron chi connectivity index (χ0n) is 22.3. The Bertz CT molecular complexity index is 1140. The molecule has 0 aromatic heterocycles. The Morgan fingerprint density at radius 2 is 1.84 bits per heavy atom. The van der Waals surface area contributed by atoms with Gasteiger partial charge in [-0.05, 0) is 50.8 Å². The molecular formula is C29H37N3O5S. The first-order chi connectivity index (χ1) is 18.0. The average Bonchev–Trinajstić information content (AvgIpc) is 3.22. The number of aryl methyl sites for hydroxylation is 1. The summed E-state index contributed by atoms with van der Waals surface area (Å²) in [7, 11) is 0. The maximum absolute atomic E-state index is 13.6. The lowest BCUT2D eigenvalue weighted by molar-refractivity contribution is -0.147. The van der Waals surface area contributed by atoms with E-state index in [1.165, 1.54) is 22.7 Å². The summed E-state index contributed by atoms with van der Waals surface area (Å²) < 4.78 is 4.65. The SMILES string of the molecule is C=CC(C)OC(=O)N[C@@H](Cc1ccccc1)[C@H](O)C(=O)N1CSC(C)(C)[C@H]1C(=O)NCc1ccccc1C. The number of benzene rings is 2. The summed E-state index contributed by atoms with van der Waals surface area (Å²) in [4.78, 5) is 40.9. The summed E-state index contributed by atoms with van der Waals surface area (Å²) in [6, 6.07) is 15.2. The van der Waals surface area contributed by atoms with Crippen molar-refractivity contribution in [2.45, 2.75) is 69.7 Å². The number of thioether (sulfide) groups is 1. The maximum atomic E-state index is 13.6. The standard InChI is InChI=1S/C29H37N3O5S/c1-6-20(3)37-28(36)31-23(16-21-13-8-7-9-14-21)24(33)27(35)32-18-38-29(4,5)25(32)26(34)30-17-22-15-11-10-12-19(22)2/h6-15,20,23-25,33H,1,16-18H2,2-5H3,(H,30,34)(H,31,36)/t20?,23-,24-,25+/m0/s1. The smallest absolute Gasteiger partial charge is 0.408 e. The van der Waals surface area contributed by atoms with Crippen LogP contribution in [0.3, 0.4) is 0 Å². The third-order valence-corrected chi connectivity index (χ3v) is 8.03. The molecule has 0 aliphatic carbocycles. The molecular weight excluding hydrogens is 502 g/mol. The van der Waals surface area contributed by atoms with Crippen LogP contribution in [0.2, 0.25) is 0 Å². The van der Waals surface area contributed by atoms with Crippen molar-refractivity contribution in [2.24, 2.45) is 0 Å². The maximum Gasteiger partial charge on any atom is 0.408 e. The summed E-state index contributed by atoms with van der Waals surface area (Å²) in [5, 5.41) is 16.8. The summed E-state index contributed by atoms with van der Waals surface area (Å²) >= 11 is 1.47. The summed E-state index contributed by atoms with van der Waals surface area (Å²) in [5.41, 5.74) is 2.87. The normalized spacial score (nSPS) is 18.7. The highest BCUT2D eigenvalue weighted by atomic mass is 32.2. The van der Waals surface area contributed by atoms with Gasteiger partial charge in [-0.2, -0.15) is 0 Å². The number of hydrogen-bond acceptors (Lipinski definition) is 6. The highest BCUT2D eigenvalue weighted by molar-refractivity contribution is 8.00. The van der Waals surface area contributed by atoms with Crippen molar-refractivity contribution in [2.75, 3.05) is 5.88 Å². The lowest BCUT2D eigenvalue weighted by atomic mass is 9.97. The van der Waals surface area contributed by atoms with Gasteiger partial charge in [-0.25, -0.2) is 4.79 Å². The molecule has 0 spiro atoms. The number of aliphatic hydroxyl groups excluding tert-OH is 1. The number of hydrogen-bond donors (Lipinski definition) is 3. The number of carbonyl (C=O) groups is 3. The number of ether oxygens (including phenoxy) is 1. The molecule has 3 amide bonds. The van der Waals surface area contributed by atoms with Crippen molar-refractivity contribution in [3.05, 3.63) is 83.9 Å². The first-order valence-corrected chi connectivity index (χ1v) is 13.6. The predicted molar refractivity (Wildman–Crippen MR) is 149 cm³/mol. The van der Waals surface area contributed by atoms with Gasteiger partial charge in [0.15, 0.2) is 6.10 Å². The molecule has 38 heavy (non-hydrogen) atoms. The summed E-state index contributed by atoms with van der Waals surface area (Å²) in [6.45, 7) is 11.4. The van der Waals surface area contributed by atoms with Crippen molar-refractivity contribution in [3.8, 4) is 0 Å². The lowest BCUT2D eigenvalue weighted by Gasteiger charge is -2.33. The Morgan fingerprint density at radius 3 is 2.50 bits per heavy atom. The molecule has 1 fully saturated rings. The highest BCUT2D eigenvalue weighted by Gasteiger charge is 2.49. The van der Waals surface area contributed by atoms with Crippen molar-refractivity contribution in [1.29, 1.82) is 0 Å². The van der Waals surface area contributed by atoms with Gasteiger partial charge >= 0.3 is 6.09 Å². The second kappa shape index (κ2) is 13.0. The number of carbonyl (C=O) groups excluding carboxylic acids is 3. The molecule has 3 rings (SSSR count). The number of amides is 3. The van der Waals surface area contributed by atoms with Crippen LogP contribution >= 0.6 is 11.8 Å². The van der Waals surface area contributed by atoms with Gasteiger partial charge in [0.05, 0.1) is 11.9 Å². The third-order valence-electron chi connectivity index (χ3n) is 6.65. The van der Waals surface area contributed by atoms with E-state index in [9.17, 15) is 19.5 Å². The van der Waals surface area contributed by atoms with E-state index < -0.39 is 41.0 Å². The molecule has 2 aromatic carbocycles. The van der Waals surface area contributed by atoms with E-state index in [0.717, 1.165) is 16.7 Å². The second-order valence-electron chi connectivity index (χ2n) is 9.96. The van der Waals surface area contributed by atoms with E-state index in [-0.39, 0.29) is 18.2 Å². The van der Waals surface area contributed by atoms with E-state index in [0.29, 0.717) is 6.54 Å². The topological polar surface area (TPSA) is 108 Å². The number of alkyl carbamates (subject to hydrolysis) is 1. The van der Waals surface area contributed by atoms with Gasteiger partial charge < -0.3 is 25.4 Å². The molecule has 204 valence electrons. The van der Waals surface area contributed by atoms with E-state index in [2.05, 4.69) is 17.2 Å². The Labute approximate surface area is 228 Å². The van der Waals surface area contributed by atoms with Crippen molar-refractivity contribution >= 4 is 29.7 Å². The number of nitrogens with zero attached hydrogens (tertiary/aromatic N) is 1. The van der Waals surface area contributed by atoms with Gasteiger partial charge in [0.2, 0.25) is 5.91 Å². The quantitative estimate of drug-likeness (QED) is 0.399. The molecule has 1 aliphatic heterocycles. The first-order valence-electron chi connectivity index (χ1n) is 12.6. The molecule has 0 radical (unpaired) electrons. The lowest BCUT2D eigenvalue weighted by Crippen LogP contribution is -2.58. The Balaban J connectivity index is 1.78. The minimum atomic E-state index is -1.59. The van der Waals surface area contributed by atoms with Gasteiger partial charge in [-0.3, -0.25) is 9.59 Å². The second-order valence-corrected chi connectivity index (χ2v) is 11.6. The molecule has 8 nitrogen and oxygen atoms in total. The Morgan fingerprint density at radius 1 is 1.18 bits per heavy atom. The van der Waals surface area contributed by atoms with Gasteiger partial charge in [-0.15, -0.1) is 11.8 Å². The molecule has 3 N–H and O–H groups in total. The monoisotopic (exact) mass is 539 g/mol. The number of aliphatic hydroxyl groups is 1.